The van der Waals surface area contributed by atoms with E-state index in [1.165, 1.54) is 18.4 Å². The zero-order valence-electron chi connectivity index (χ0n) is 13.0. The zero-order valence-corrected chi connectivity index (χ0v) is 13.0. The van der Waals surface area contributed by atoms with E-state index in [-0.39, 0.29) is 23.7 Å². The van der Waals surface area contributed by atoms with Gasteiger partial charge in [0.05, 0.1) is 17.7 Å². The van der Waals surface area contributed by atoms with Crippen LogP contribution < -0.4 is 11.1 Å². The average Bonchev–Trinajstić information content (AvgIpc) is 3.29. The van der Waals surface area contributed by atoms with E-state index in [0.717, 1.165) is 12.8 Å². The van der Waals surface area contributed by atoms with Crippen LogP contribution in [0.25, 0.3) is 11.5 Å². The van der Waals surface area contributed by atoms with E-state index < -0.39 is 0 Å². The summed E-state index contributed by atoms with van der Waals surface area (Å²) >= 11 is 0. The van der Waals surface area contributed by atoms with Crippen molar-refractivity contribution in [3.05, 3.63) is 42.0 Å². The molecule has 0 spiro atoms. The number of aromatic nitrogens is 1. The molecule has 1 atom stereocenters. The monoisotopic (exact) mass is 317 g/mol. The number of nitrogens with one attached hydrogen (secondary N) is 1. The second kappa shape index (κ2) is 6.12. The molecule has 1 fully saturated rings. The number of benzene rings is 1. The first kappa shape index (κ1) is 15.7. The number of hydrogen-bond acceptors (Lipinski definition) is 4. The molecule has 6 heteroatoms. The van der Waals surface area contributed by atoms with E-state index in [0.29, 0.717) is 29.6 Å². The van der Waals surface area contributed by atoms with Crippen LogP contribution in [0.4, 0.5) is 4.39 Å². The molecule has 0 bridgehead atoms. The first-order valence-electron chi connectivity index (χ1n) is 7.71. The summed E-state index contributed by atoms with van der Waals surface area (Å²) in [5.41, 5.74) is 6.66. The second-order valence-electron chi connectivity index (χ2n) is 6.27. The van der Waals surface area contributed by atoms with Gasteiger partial charge in [-0.25, -0.2) is 9.37 Å². The van der Waals surface area contributed by atoms with Crippen LogP contribution >= 0.6 is 0 Å². The van der Waals surface area contributed by atoms with Gasteiger partial charge >= 0.3 is 0 Å². The number of rotatable bonds is 6. The number of amides is 1. The van der Waals surface area contributed by atoms with Crippen molar-refractivity contribution in [1.82, 2.24) is 10.3 Å². The normalized spacial score (nSPS) is 16.8. The summed E-state index contributed by atoms with van der Waals surface area (Å²) in [7, 11) is 0. The Morgan fingerprint density at radius 2 is 2.13 bits per heavy atom. The molecule has 3 rings (SSSR count). The predicted molar refractivity (Wildman–Crippen MR) is 83.9 cm³/mol. The lowest BCUT2D eigenvalue weighted by atomic mass is 9.95. The van der Waals surface area contributed by atoms with Crippen molar-refractivity contribution in [3.8, 4) is 11.5 Å². The van der Waals surface area contributed by atoms with Crippen LogP contribution in [0.5, 0.6) is 0 Å². The van der Waals surface area contributed by atoms with Crippen molar-refractivity contribution in [2.75, 3.05) is 6.54 Å². The highest BCUT2D eigenvalue weighted by molar-refractivity contribution is 5.79. The number of nitrogens with two attached hydrogens (primary N) is 1. The first-order chi connectivity index (χ1) is 11.0. The van der Waals surface area contributed by atoms with Crippen LogP contribution in [0.2, 0.25) is 0 Å². The molecule has 1 aromatic heterocycles. The number of carbonyl (C=O) groups excluding carboxylic acids is 1. The maximum Gasteiger partial charge on any atom is 0.226 e. The van der Waals surface area contributed by atoms with Gasteiger partial charge in [-0.15, -0.1) is 0 Å². The summed E-state index contributed by atoms with van der Waals surface area (Å²) < 4.78 is 18.3. The molecule has 122 valence electrons. The number of halogens is 1. The summed E-state index contributed by atoms with van der Waals surface area (Å²) in [5, 5.41) is 3.01. The van der Waals surface area contributed by atoms with Crippen LogP contribution in [0.3, 0.4) is 0 Å². The molecule has 2 aromatic rings. The van der Waals surface area contributed by atoms with Gasteiger partial charge in [-0.1, -0.05) is 0 Å². The van der Waals surface area contributed by atoms with E-state index in [9.17, 15) is 9.18 Å². The molecule has 1 saturated carbocycles. The van der Waals surface area contributed by atoms with Crippen molar-refractivity contribution in [2.24, 2.45) is 11.7 Å². The summed E-state index contributed by atoms with van der Waals surface area (Å²) in [6.07, 6.45) is 3.79. The number of hydrogen-bond donors (Lipinski definition) is 2. The van der Waals surface area contributed by atoms with E-state index in [1.807, 2.05) is 6.92 Å². The van der Waals surface area contributed by atoms with Crippen LogP contribution in [0.1, 0.15) is 25.5 Å². The quantitative estimate of drug-likeness (QED) is 0.856. The summed E-state index contributed by atoms with van der Waals surface area (Å²) in [6, 6.07) is 5.86. The Morgan fingerprint density at radius 1 is 1.43 bits per heavy atom. The Kier molecular flexibility index (Phi) is 4.17. The molecule has 1 amide bonds. The highest BCUT2D eigenvalue weighted by Gasteiger charge is 2.41. The number of oxazole rings is 1. The van der Waals surface area contributed by atoms with Crippen molar-refractivity contribution >= 4 is 5.91 Å². The second-order valence-corrected chi connectivity index (χ2v) is 6.27. The summed E-state index contributed by atoms with van der Waals surface area (Å²) in [6.45, 7) is 2.40. The van der Waals surface area contributed by atoms with E-state index >= 15 is 0 Å². The van der Waals surface area contributed by atoms with Gasteiger partial charge in [-0.3, -0.25) is 4.79 Å². The minimum Gasteiger partial charge on any atom is -0.444 e. The smallest absolute Gasteiger partial charge is 0.226 e. The van der Waals surface area contributed by atoms with E-state index in [4.69, 9.17) is 10.2 Å². The van der Waals surface area contributed by atoms with E-state index in [1.54, 1.807) is 12.1 Å². The minimum absolute atomic E-state index is 0.121. The molecule has 1 aliphatic carbocycles. The maximum atomic E-state index is 12.9. The van der Waals surface area contributed by atoms with Crippen molar-refractivity contribution in [3.63, 3.8) is 0 Å². The standard InChI is InChI=1S/C17H20FN3O2/c1-17(10-19,12-4-5-12)21-15(22)8-14-9-23-16(20-14)11-2-6-13(18)7-3-11/h2-3,6-7,9,12H,4-5,8,10,19H2,1H3,(H,21,22). The van der Waals surface area contributed by atoms with Crippen molar-refractivity contribution in [1.29, 1.82) is 0 Å². The fourth-order valence-electron chi connectivity index (χ4n) is 2.68. The molecular weight excluding hydrogens is 297 g/mol. The molecule has 3 N–H and O–H groups in total. The Labute approximate surface area is 134 Å². The molecule has 23 heavy (non-hydrogen) atoms. The Bertz CT molecular complexity index is 694. The van der Waals surface area contributed by atoms with E-state index in [2.05, 4.69) is 10.3 Å². The third kappa shape index (κ3) is 3.59. The van der Waals surface area contributed by atoms with Crippen LogP contribution in [0.15, 0.2) is 34.9 Å². The van der Waals surface area contributed by atoms with Gasteiger partial charge in [0.25, 0.3) is 0 Å². The maximum absolute atomic E-state index is 12.9. The molecule has 1 unspecified atom stereocenters. The highest BCUT2D eigenvalue weighted by Crippen LogP contribution is 2.39. The Balaban J connectivity index is 1.64. The SMILES string of the molecule is CC(CN)(NC(=O)Cc1coc(-c2ccc(F)cc2)n1)C1CC1. The number of carbonyl (C=O) groups is 1. The van der Waals surface area contributed by atoms with Crippen LogP contribution in [0, 0.1) is 11.7 Å². The van der Waals surface area contributed by atoms with Crippen molar-refractivity contribution < 1.29 is 13.6 Å². The fraction of sp³-hybridized carbons (Fsp3) is 0.412. The predicted octanol–water partition coefficient (Wildman–Crippen LogP) is 2.27. The van der Waals surface area contributed by atoms with Crippen LogP contribution in [-0.2, 0) is 11.2 Å². The molecule has 1 heterocycles. The topological polar surface area (TPSA) is 81.1 Å². The first-order valence-corrected chi connectivity index (χ1v) is 7.71. The molecular formula is C17H20FN3O2. The highest BCUT2D eigenvalue weighted by atomic mass is 19.1. The largest absolute Gasteiger partial charge is 0.444 e. The summed E-state index contributed by atoms with van der Waals surface area (Å²) in [4.78, 5) is 16.5. The molecule has 5 nitrogen and oxygen atoms in total. The lowest BCUT2D eigenvalue weighted by molar-refractivity contribution is -0.122. The van der Waals surface area contributed by atoms with Gasteiger partial charge in [0, 0.05) is 12.1 Å². The Hall–Kier alpha value is -2.21. The van der Waals surface area contributed by atoms with Crippen molar-refractivity contribution in [2.45, 2.75) is 31.7 Å². The molecule has 0 radical (unpaired) electrons. The minimum atomic E-state index is -0.347. The van der Waals surface area contributed by atoms with Gasteiger partial charge in [0.1, 0.15) is 12.1 Å². The van der Waals surface area contributed by atoms with Gasteiger partial charge in [-0.2, -0.15) is 0 Å². The lowest BCUT2D eigenvalue weighted by Gasteiger charge is -2.29. The lowest BCUT2D eigenvalue weighted by Crippen LogP contribution is -2.53. The third-order valence-electron chi connectivity index (χ3n) is 4.31. The van der Waals surface area contributed by atoms with Gasteiger partial charge in [-0.05, 0) is 49.9 Å². The van der Waals surface area contributed by atoms with Gasteiger partial charge in [0.15, 0.2) is 0 Å². The number of nitrogens with zero attached hydrogens (tertiary/aromatic N) is 1. The zero-order chi connectivity index (χ0) is 16.4. The van der Waals surface area contributed by atoms with Gasteiger partial charge in [0.2, 0.25) is 11.8 Å². The Morgan fingerprint density at radius 3 is 2.74 bits per heavy atom. The van der Waals surface area contributed by atoms with Crippen LogP contribution in [-0.4, -0.2) is 23.0 Å². The average molecular weight is 317 g/mol. The third-order valence-corrected chi connectivity index (χ3v) is 4.31. The molecule has 1 aliphatic rings. The molecule has 1 aromatic carbocycles. The molecule has 0 aliphatic heterocycles. The summed E-state index contributed by atoms with van der Waals surface area (Å²) in [5.74, 6) is 0.393. The fourth-order valence-corrected chi connectivity index (χ4v) is 2.68. The molecule has 0 saturated heterocycles. The van der Waals surface area contributed by atoms with Gasteiger partial charge < -0.3 is 15.5 Å².